The minimum atomic E-state index is -0.426. The Hall–Kier alpha value is -2.15. The molecule has 2 fully saturated rings. The maximum absolute atomic E-state index is 13.9. The van der Waals surface area contributed by atoms with E-state index in [2.05, 4.69) is 26.8 Å². The van der Waals surface area contributed by atoms with E-state index in [0.29, 0.717) is 30.5 Å². The number of carbonyl (C=O) groups excluding carboxylic acids is 2. The van der Waals surface area contributed by atoms with E-state index < -0.39 is 5.97 Å². The molecule has 0 radical (unpaired) electrons. The first-order valence-electron chi connectivity index (χ1n) is 12.7. The summed E-state index contributed by atoms with van der Waals surface area (Å²) in [5.74, 6) is 0.709. The van der Waals surface area contributed by atoms with Gasteiger partial charge >= 0.3 is 5.97 Å². The van der Waals surface area contributed by atoms with Crippen LogP contribution in [0.25, 0.3) is 5.70 Å². The summed E-state index contributed by atoms with van der Waals surface area (Å²) < 4.78 is 12.8. The smallest absolute Gasteiger partial charge is 0.343 e. The van der Waals surface area contributed by atoms with Crippen molar-refractivity contribution in [1.29, 1.82) is 0 Å². The summed E-state index contributed by atoms with van der Waals surface area (Å²) in [4.78, 5) is 28.6. The highest BCUT2D eigenvalue weighted by atomic mass is 16.5. The Labute approximate surface area is 197 Å². The topological polar surface area (TPSA) is 73.7 Å². The molecule has 0 spiro atoms. The van der Waals surface area contributed by atoms with Crippen molar-refractivity contribution < 1.29 is 19.1 Å². The minimum Gasteiger partial charge on any atom is -0.462 e. The zero-order chi connectivity index (χ0) is 23.6. The first kappa shape index (κ1) is 24.0. The number of ether oxygens (including phenoxy) is 2. The normalized spacial score (nSPS) is 27.2. The SMILES string of the molecule is CCOC(=O)c1cn(C2=CCC(C)(C)CC2)nc1N(C(=O)[C@H]1CC[C@H](C)CC1)C1CCOC1. The molecular formula is C26H39N3O4. The summed E-state index contributed by atoms with van der Waals surface area (Å²) >= 11 is 0. The van der Waals surface area contributed by atoms with Gasteiger partial charge in [0.1, 0.15) is 5.56 Å². The second kappa shape index (κ2) is 10.00. The Morgan fingerprint density at radius 3 is 2.61 bits per heavy atom. The zero-order valence-electron chi connectivity index (χ0n) is 20.6. The van der Waals surface area contributed by atoms with Crippen molar-refractivity contribution in [1.82, 2.24) is 9.78 Å². The van der Waals surface area contributed by atoms with Gasteiger partial charge < -0.3 is 9.47 Å². The molecule has 182 valence electrons. The summed E-state index contributed by atoms with van der Waals surface area (Å²) in [6.45, 7) is 9.95. The Kier molecular flexibility index (Phi) is 7.27. The van der Waals surface area contributed by atoms with Crippen molar-refractivity contribution in [2.24, 2.45) is 17.3 Å². The van der Waals surface area contributed by atoms with E-state index in [0.717, 1.165) is 57.1 Å². The molecule has 7 heteroatoms. The highest BCUT2D eigenvalue weighted by Gasteiger charge is 2.38. The van der Waals surface area contributed by atoms with E-state index in [1.54, 1.807) is 22.7 Å². The van der Waals surface area contributed by atoms with Crippen molar-refractivity contribution >= 4 is 23.4 Å². The van der Waals surface area contributed by atoms with Gasteiger partial charge in [0, 0.05) is 24.4 Å². The summed E-state index contributed by atoms with van der Waals surface area (Å²) in [6.07, 6.45) is 11.5. The number of anilines is 1. The summed E-state index contributed by atoms with van der Waals surface area (Å²) in [5, 5.41) is 4.86. The Balaban J connectivity index is 1.71. The number of allylic oxidation sites excluding steroid dienone is 2. The van der Waals surface area contributed by atoms with Crippen LogP contribution < -0.4 is 4.90 Å². The molecule has 1 unspecified atom stereocenters. The molecule has 0 aromatic carbocycles. The molecule has 0 N–H and O–H groups in total. The second-order valence-corrected chi connectivity index (χ2v) is 10.8. The van der Waals surface area contributed by atoms with Gasteiger partial charge in [-0.25, -0.2) is 9.48 Å². The van der Waals surface area contributed by atoms with E-state index in [1.165, 1.54) is 0 Å². The monoisotopic (exact) mass is 457 g/mol. The van der Waals surface area contributed by atoms with Crippen LogP contribution in [0, 0.1) is 17.3 Å². The van der Waals surface area contributed by atoms with Crippen LogP contribution in [-0.4, -0.2) is 47.5 Å². The zero-order valence-corrected chi connectivity index (χ0v) is 20.6. The third kappa shape index (κ3) is 5.34. The van der Waals surface area contributed by atoms with Crippen LogP contribution in [0.5, 0.6) is 0 Å². The third-order valence-electron chi connectivity index (χ3n) is 7.53. The van der Waals surface area contributed by atoms with E-state index in [-0.39, 0.29) is 29.9 Å². The number of amides is 1. The van der Waals surface area contributed by atoms with Crippen LogP contribution in [0.3, 0.4) is 0 Å². The fourth-order valence-corrected chi connectivity index (χ4v) is 5.20. The largest absolute Gasteiger partial charge is 0.462 e. The van der Waals surface area contributed by atoms with Crippen molar-refractivity contribution in [2.75, 3.05) is 24.7 Å². The van der Waals surface area contributed by atoms with E-state index in [1.807, 2.05) is 0 Å². The van der Waals surface area contributed by atoms with Gasteiger partial charge in [-0.2, -0.15) is 0 Å². The number of hydrogen-bond acceptors (Lipinski definition) is 5. The van der Waals surface area contributed by atoms with Crippen LogP contribution in [0.15, 0.2) is 12.3 Å². The molecule has 4 rings (SSSR count). The fourth-order valence-electron chi connectivity index (χ4n) is 5.20. The molecule has 3 aliphatic rings. The molecule has 1 aromatic rings. The first-order chi connectivity index (χ1) is 15.8. The maximum Gasteiger partial charge on any atom is 0.343 e. The highest BCUT2D eigenvalue weighted by molar-refractivity contribution is 6.02. The van der Waals surface area contributed by atoms with Crippen LogP contribution in [0.2, 0.25) is 0 Å². The maximum atomic E-state index is 13.9. The van der Waals surface area contributed by atoms with E-state index in [4.69, 9.17) is 14.6 Å². The highest BCUT2D eigenvalue weighted by Crippen LogP contribution is 2.38. The lowest BCUT2D eigenvalue weighted by Gasteiger charge is -2.33. The number of carbonyl (C=O) groups is 2. The lowest BCUT2D eigenvalue weighted by Crippen LogP contribution is -2.46. The van der Waals surface area contributed by atoms with Gasteiger partial charge in [0.25, 0.3) is 0 Å². The quantitative estimate of drug-likeness (QED) is 0.558. The van der Waals surface area contributed by atoms with Crippen LogP contribution >= 0.6 is 0 Å². The summed E-state index contributed by atoms with van der Waals surface area (Å²) in [5.41, 5.74) is 1.71. The van der Waals surface area contributed by atoms with Gasteiger partial charge in [0.2, 0.25) is 5.91 Å². The molecule has 7 nitrogen and oxygen atoms in total. The van der Waals surface area contributed by atoms with E-state index in [9.17, 15) is 9.59 Å². The Morgan fingerprint density at radius 1 is 1.24 bits per heavy atom. The van der Waals surface area contributed by atoms with Crippen molar-refractivity contribution in [3.05, 3.63) is 17.8 Å². The van der Waals surface area contributed by atoms with Gasteiger partial charge in [0.15, 0.2) is 5.82 Å². The molecule has 2 aliphatic carbocycles. The first-order valence-corrected chi connectivity index (χ1v) is 12.7. The minimum absolute atomic E-state index is 0.0308. The van der Waals surface area contributed by atoms with Crippen LogP contribution in [0.1, 0.15) is 89.4 Å². The molecule has 1 saturated heterocycles. The van der Waals surface area contributed by atoms with Gasteiger partial charge in [-0.1, -0.05) is 26.8 Å². The average Bonchev–Trinajstić information content (AvgIpc) is 3.46. The number of rotatable bonds is 6. The summed E-state index contributed by atoms with van der Waals surface area (Å²) in [7, 11) is 0. The van der Waals surface area contributed by atoms with Crippen LogP contribution in [0.4, 0.5) is 5.82 Å². The number of hydrogen-bond donors (Lipinski definition) is 0. The van der Waals surface area contributed by atoms with E-state index >= 15 is 0 Å². The predicted octanol–water partition coefficient (Wildman–Crippen LogP) is 5.06. The summed E-state index contributed by atoms with van der Waals surface area (Å²) in [6, 6.07) is -0.104. The lowest BCUT2D eigenvalue weighted by molar-refractivity contribution is -0.124. The molecular weight excluding hydrogens is 418 g/mol. The van der Waals surface area contributed by atoms with Crippen molar-refractivity contribution in [3.8, 4) is 0 Å². The molecule has 1 amide bonds. The molecule has 1 atom stereocenters. The molecule has 1 aliphatic heterocycles. The molecule has 2 heterocycles. The number of esters is 1. The van der Waals surface area contributed by atoms with Gasteiger partial charge in [-0.05, 0) is 69.6 Å². The number of aromatic nitrogens is 2. The predicted molar refractivity (Wildman–Crippen MR) is 128 cm³/mol. The van der Waals surface area contributed by atoms with Crippen molar-refractivity contribution in [2.45, 2.75) is 85.1 Å². The molecule has 33 heavy (non-hydrogen) atoms. The molecule has 1 aromatic heterocycles. The molecule has 1 saturated carbocycles. The average molecular weight is 458 g/mol. The van der Waals surface area contributed by atoms with Gasteiger partial charge in [0.05, 0.1) is 19.3 Å². The third-order valence-corrected chi connectivity index (χ3v) is 7.53. The molecule has 0 bridgehead atoms. The van der Waals surface area contributed by atoms with Crippen molar-refractivity contribution in [3.63, 3.8) is 0 Å². The second-order valence-electron chi connectivity index (χ2n) is 10.8. The lowest BCUT2D eigenvalue weighted by atomic mass is 9.80. The Morgan fingerprint density at radius 2 is 2.00 bits per heavy atom. The fraction of sp³-hybridized carbons (Fsp3) is 0.731. The van der Waals surface area contributed by atoms with Crippen LogP contribution in [-0.2, 0) is 14.3 Å². The standard InChI is InChI=1S/C26H39N3O4/c1-5-33-25(31)22-16-28(20-10-13-26(3,4)14-11-20)27-23(22)29(21-12-15-32-17-21)24(30)19-8-6-18(2)7-9-19/h10,16,18-19,21H,5-9,11-15,17H2,1-4H3/t18-,19-,21?. The van der Waals surface area contributed by atoms with Gasteiger partial charge in [-0.3, -0.25) is 9.69 Å². The Bertz CT molecular complexity index is 889. The number of nitrogens with zero attached hydrogens (tertiary/aromatic N) is 3. The van der Waals surface area contributed by atoms with Gasteiger partial charge in [-0.15, -0.1) is 5.10 Å².